The minimum Gasteiger partial charge on any atom is -0.496 e. The summed E-state index contributed by atoms with van der Waals surface area (Å²) < 4.78 is 43.6. The van der Waals surface area contributed by atoms with Gasteiger partial charge in [0.05, 0.1) is 21.3 Å². The topological polar surface area (TPSA) is 91.5 Å². The predicted octanol–water partition coefficient (Wildman–Crippen LogP) is 19.2. The highest BCUT2D eigenvalue weighted by molar-refractivity contribution is 7.80. The van der Waals surface area contributed by atoms with Gasteiger partial charge in [-0.25, -0.2) is 0 Å². The molecule has 0 atom stereocenters. The highest BCUT2D eigenvalue weighted by Gasteiger charge is 2.33. The van der Waals surface area contributed by atoms with E-state index < -0.39 is 7.92 Å². The molecule has 9 nitrogen and oxygen atoms in total. The molecule has 16 bridgehead atoms. The lowest BCUT2D eigenvalue weighted by Crippen LogP contribution is -2.32. The van der Waals surface area contributed by atoms with Crippen molar-refractivity contribution in [3.05, 3.63) is 262 Å². The van der Waals surface area contributed by atoms with Gasteiger partial charge in [0.25, 0.3) is 0 Å². The maximum absolute atomic E-state index is 7.61. The Hall–Kier alpha value is -7.91. The van der Waals surface area contributed by atoms with Crippen molar-refractivity contribution in [3.63, 3.8) is 0 Å². The Morgan fingerprint density at radius 2 is 0.453 bits per heavy atom. The van der Waals surface area contributed by atoms with Crippen molar-refractivity contribution < 1.29 is 28.4 Å². The molecule has 9 aromatic carbocycles. The van der Waals surface area contributed by atoms with E-state index in [0.717, 1.165) is 101 Å². The van der Waals surface area contributed by atoms with Gasteiger partial charge in [-0.1, -0.05) is 270 Å². The van der Waals surface area contributed by atoms with Crippen LogP contribution in [0.1, 0.15) is 241 Å². The molecule has 0 spiro atoms. The smallest absolute Gasteiger partial charge is 0.126 e. The normalized spacial score (nSPS) is 15.5. The van der Waals surface area contributed by atoms with E-state index in [1.54, 1.807) is 0 Å². The first-order valence-electron chi connectivity index (χ1n) is 38.8. The van der Waals surface area contributed by atoms with E-state index in [9.17, 15) is 0 Å². The molecular weight excluding hydrogens is 1320 g/mol. The number of rotatable bonds is 3. The average Bonchev–Trinajstić information content (AvgIpc) is 0.755. The first-order valence-corrected chi connectivity index (χ1v) is 40.2. The molecule has 0 aromatic heterocycles. The van der Waals surface area contributed by atoms with Crippen molar-refractivity contribution in [2.24, 2.45) is 0 Å². The fourth-order valence-electron chi connectivity index (χ4n) is 15.6. The van der Waals surface area contributed by atoms with E-state index in [0.29, 0.717) is 97.6 Å². The molecule has 560 valence electrons. The predicted molar refractivity (Wildman–Crippen MR) is 444 cm³/mol. The highest BCUT2D eigenvalue weighted by atomic mass is 31.1. The van der Waals surface area contributed by atoms with E-state index in [1.165, 1.54) is 66.0 Å². The van der Waals surface area contributed by atoms with E-state index in [4.69, 9.17) is 28.4 Å². The van der Waals surface area contributed by atoms with Crippen LogP contribution in [-0.4, -0.2) is 60.8 Å². The summed E-state index contributed by atoms with van der Waals surface area (Å²) in [6, 6.07) is 56.5. The molecule has 10 heteroatoms. The first kappa shape index (κ1) is 77.7. The summed E-state index contributed by atoms with van der Waals surface area (Å²) in [7, 11) is 4.48. The van der Waals surface area contributed by atoms with Crippen LogP contribution in [-0.2, 0) is 90.6 Å². The van der Waals surface area contributed by atoms with Gasteiger partial charge in [-0.15, -0.1) is 0 Å². The summed E-state index contributed by atoms with van der Waals surface area (Å²) in [5, 5.41) is 15.9. The summed E-state index contributed by atoms with van der Waals surface area (Å²) in [4.78, 5) is 0. The Labute approximate surface area is 637 Å². The Morgan fingerprint density at radius 3 is 0.642 bits per heavy atom. The molecule has 13 rings (SSSR count). The molecule has 1 aliphatic carbocycles. The molecule has 0 fully saturated rings. The number of hydrogen-bond acceptors (Lipinski definition) is 9. The van der Waals surface area contributed by atoms with Gasteiger partial charge >= 0.3 is 0 Å². The minimum absolute atomic E-state index is 0.220. The fourth-order valence-corrected chi connectivity index (χ4v) is 18.5. The third-order valence-corrected chi connectivity index (χ3v) is 24.5. The van der Waals surface area contributed by atoms with Crippen LogP contribution in [0.4, 0.5) is 0 Å². The fraction of sp³-hybridized carbons (Fsp3) is 0.438. The van der Waals surface area contributed by atoms with Crippen molar-refractivity contribution in [3.8, 4) is 34.5 Å². The van der Waals surface area contributed by atoms with Gasteiger partial charge in [0.1, 0.15) is 54.3 Å². The molecule has 0 amide bonds. The van der Waals surface area contributed by atoms with E-state index in [1.807, 2.05) is 21.3 Å². The van der Waals surface area contributed by atoms with Crippen LogP contribution in [0.25, 0.3) is 0 Å². The van der Waals surface area contributed by atoms with Crippen LogP contribution in [0.2, 0.25) is 0 Å². The van der Waals surface area contributed by atoms with Crippen LogP contribution in [0.15, 0.2) is 146 Å². The number of hydrogen-bond donors (Lipinski definition) is 3. The minimum atomic E-state index is -1.11. The molecular formula is C96H120N3O6P. The molecule has 0 saturated carbocycles. The zero-order valence-corrected chi connectivity index (χ0v) is 68.8. The van der Waals surface area contributed by atoms with Crippen molar-refractivity contribution in [2.75, 3.05) is 60.8 Å². The van der Waals surface area contributed by atoms with Crippen LogP contribution in [0.3, 0.4) is 0 Å². The van der Waals surface area contributed by atoms with Crippen LogP contribution in [0, 0.1) is 0 Å². The van der Waals surface area contributed by atoms with Crippen molar-refractivity contribution in [1.82, 2.24) is 16.0 Å². The largest absolute Gasteiger partial charge is 0.496 e. The van der Waals surface area contributed by atoms with Gasteiger partial charge in [-0.05, 0) is 173 Å². The van der Waals surface area contributed by atoms with Crippen LogP contribution < -0.4 is 60.3 Å². The summed E-state index contributed by atoms with van der Waals surface area (Å²) >= 11 is 0. The zero-order valence-electron chi connectivity index (χ0n) is 67.9. The third-order valence-electron chi connectivity index (χ3n) is 21.8. The van der Waals surface area contributed by atoms with Gasteiger partial charge in [0.15, 0.2) is 0 Å². The monoisotopic (exact) mass is 1440 g/mol. The molecule has 3 heterocycles. The summed E-state index contributed by atoms with van der Waals surface area (Å²) in [6.07, 6.45) is 3.35. The first-order chi connectivity index (χ1) is 50.2. The lowest BCUT2D eigenvalue weighted by Gasteiger charge is -2.29. The number of nitrogens with one attached hydrogen (secondary N) is 3. The Morgan fingerprint density at radius 1 is 0.264 bits per heavy atom. The van der Waals surface area contributed by atoms with Gasteiger partial charge < -0.3 is 44.4 Å². The number of methoxy groups -OCH3 is 3. The van der Waals surface area contributed by atoms with E-state index in [-0.39, 0.29) is 32.5 Å². The Kier molecular flexibility index (Phi) is 23.0. The maximum Gasteiger partial charge on any atom is 0.126 e. The molecule has 3 N–H and O–H groups in total. The van der Waals surface area contributed by atoms with E-state index >= 15 is 0 Å². The van der Waals surface area contributed by atoms with Gasteiger partial charge in [-0.3, -0.25) is 0 Å². The van der Waals surface area contributed by atoms with Gasteiger partial charge in [0, 0.05) is 77.8 Å². The maximum atomic E-state index is 7.61. The molecule has 9 aromatic rings. The van der Waals surface area contributed by atoms with Gasteiger partial charge in [-0.2, -0.15) is 0 Å². The Bertz CT molecular complexity index is 4060. The molecule has 106 heavy (non-hydrogen) atoms. The van der Waals surface area contributed by atoms with Gasteiger partial charge in [0.2, 0.25) is 0 Å². The molecule has 0 unspecified atom stereocenters. The molecule has 0 radical (unpaired) electrons. The summed E-state index contributed by atoms with van der Waals surface area (Å²) in [6.45, 7) is 47.2. The number of fused-ring (bicyclic) bond motifs is 12. The standard InChI is InChI=1S/C96H120N3O6P/c1-91(2,3)76-46-64-40-70-52-79(94(10,11)12)54-72-42-66-48-77(92(4,5)6)50-68(86(66)101-20)44-74-56-81(96(16,17)18)57-75-45-69-51-78(93(7,8)9)49-67(87(69)102-21)43-73-55-80(95(13,14)15)53-71(41-65(47-76)85(64)100-19)89(73)104-38-35-98-59-62-29-23-26-32-83(62)106(82-31-25-22-28-61(82)58-97-34-37-103-88(70)72)84-33-27-24-30-63(84)60-99-36-39-105-90(74)75/h22-33,46-57,97-99H,34-45,58-60H2,1-21H3. The highest BCUT2D eigenvalue weighted by Crippen LogP contribution is 2.47. The van der Waals surface area contributed by atoms with E-state index in [2.05, 4.69) is 286 Å². The van der Waals surface area contributed by atoms with Crippen LogP contribution >= 0.6 is 7.92 Å². The van der Waals surface area contributed by atoms with Crippen molar-refractivity contribution in [2.45, 2.75) is 215 Å². The quantitative estimate of drug-likeness (QED) is 0.150. The second-order valence-electron chi connectivity index (χ2n) is 36.2. The lowest BCUT2D eigenvalue weighted by molar-refractivity contribution is 0.307. The number of benzene rings is 9. The van der Waals surface area contributed by atoms with Crippen molar-refractivity contribution in [1.29, 1.82) is 0 Å². The molecule has 4 aliphatic rings. The second-order valence-corrected chi connectivity index (χ2v) is 38.3. The Balaban J connectivity index is 1.23. The second kappa shape index (κ2) is 31.4. The zero-order chi connectivity index (χ0) is 75.8. The number of ether oxygens (including phenoxy) is 6. The molecule has 0 saturated heterocycles. The van der Waals surface area contributed by atoms with Crippen LogP contribution in [0.5, 0.6) is 34.5 Å². The van der Waals surface area contributed by atoms with Crippen molar-refractivity contribution >= 4 is 23.8 Å². The SMILES string of the molecule is COc1c2cc(C(C)(C)C)cc1Cc1cc(C(C)(C)C)cc3c1OCCNCc1ccccc1P1c4ccccc4CNCCOc4c(cc(C(C)(C)C)cc4Cc4cc(C(C)(C)C)cc(c4OC)Cc4cc(C(C)(C)C)cc(c4OCCNCc4ccccc41)Cc1cc(C(C)(C)C)cc(c1OC)C3)C2. The molecule has 3 aliphatic heterocycles. The summed E-state index contributed by atoms with van der Waals surface area (Å²) in [5.74, 6) is 5.31. The third kappa shape index (κ3) is 17.5. The average molecular weight is 1440 g/mol. The lowest BCUT2D eigenvalue weighted by atomic mass is 9.79. The summed E-state index contributed by atoms with van der Waals surface area (Å²) in [5.41, 5.74) is 23.2.